The fraction of sp³-hybridized carbons (Fsp3) is 0.478. The molecule has 4 aromatic rings. The maximum Gasteiger partial charge on any atom is 0.119 e. The molecule has 0 saturated carbocycles. The molecule has 1 aliphatic carbocycles. The molecule has 2 N–H and O–H groups in total. The van der Waals surface area contributed by atoms with E-state index in [1.165, 1.54) is 83.7 Å². The second-order valence-electron chi connectivity index (χ2n) is 14.9. The number of unbranched alkanes of at least 4 members (excludes halogenated alkanes) is 10. The number of hydrogen-bond acceptors (Lipinski definition) is 7. The van der Waals surface area contributed by atoms with Gasteiger partial charge in [0.2, 0.25) is 0 Å². The van der Waals surface area contributed by atoms with Crippen LogP contribution in [0.15, 0.2) is 82.9 Å². The molecule has 0 spiro atoms. The van der Waals surface area contributed by atoms with Crippen LogP contribution < -0.4 is 20.1 Å². The molecule has 1 atom stereocenters. The van der Waals surface area contributed by atoms with Gasteiger partial charge in [-0.05, 0) is 125 Å². The van der Waals surface area contributed by atoms with Gasteiger partial charge in [0, 0.05) is 45.5 Å². The number of halogens is 2. The SMILES string of the molecule is COc1ccc(/N=C2/C=C(Cl)C=CC2C)c(CNCCCCCCCCN(C)CCCCCCCCNc2c3ccc(Cl)cc3nc3ccc(OC)cc23)c1. The van der Waals surface area contributed by atoms with Gasteiger partial charge in [-0.15, -0.1) is 0 Å². The van der Waals surface area contributed by atoms with Crippen molar-refractivity contribution in [3.63, 3.8) is 0 Å². The van der Waals surface area contributed by atoms with Crippen LogP contribution in [-0.2, 0) is 6.54 Å². The summed E-state index contributed by atoms with van der Waals surface area (Å²) < 4.78 is 11.0. The molecule has 1 unspecified atom stereocenters. The topological polar surface area (TPSA) is 71.0 Å². The zero-order valence-electron chi connectivity index (χ0n) is 33.4. The van der Waals surface area contributed by atoms with Crippen LogP contribution in [0.1, 0.15) is 89.5 Å². The normalized spacial score (nSPS) is 15.0. The third-order valence-corrected chi connectivity index (χ3v) is 11.0. The molecule has 9 heteroatoms. The van der Waals surface area contributed by atoms with E-state index in [9.17, 15) is 0 Å². The van der Waals surface area contributed by atoms with Gasteiger partial charge in [-0.2, -0.15) is 0 Å². The molecule has 1 aliphatic rings. The Kier molecular flexibility index (Phi) is 17.6. The minimum atomic E-state index is 0.239. The predicted molar refractivity (Wildman–Crippen MR) is 236 cm³/mol. The van der Waals surface area contributed by atoms with E-state index in [4.69, 9.17) is 42.7 Å². The summed E-state index contributed by atoms with van der Waals surface area (Å²) in [6.07, 6.45) is 21.2. The largest absolute Gasteiger partial charge is 0.497 e. The van der Waals surface area contributed by atoms with Crippen molar-refractivity contribution in [1.82, 2.24) is 15.2 Å². The average molecular weight is 787 g/mol. The monoisotopic (exact) mass is 785 g/mol. The highest BCUT2D eigenvalue weighted by atomic mass is 35.5. The number of anilines is 1. The Labute approximate surface area is 339 Å². The van der Waals surface area contributed by atoms with Crippen molar-refractivity contribution in [3.05, 3.63) is 88.4 Å². The Balaban J connectivity index is 0.872. The first-order chi connectivity index (χ1) is 26.8. The Bertz CT molecular complexity index is 1910. The summed E-state index contributed by atoms with van der Waals surface area (Å²) in [5.41, 5.74) is 6.06. The van der Waals surface area contributed by atoms with Crippen molar-refractivity contribution in [3.8, 4) is 11.5 Å². The lowest BCUT2D eigenvalue weighted by Crippen LogP contribution is -2.20. The first-order valence-corrected chi connectivity index (χ1v) is 21.1. The fourth-order valence-electron chi connectivity index (χ4n) is 7.18. The Morgan fingerprint density at radius 3 is 2.11 bits per heavy atom. The number of benzene rings is 3. The minimum Gasteiger partial charge on any atom is -0.497 e. The molecular formula is C46H61Cl2N5O2. The Hall–Kier alpha value is -3.62. The predicted octanol–water partition coefficient (Wildman–Crippen LogP) is 12.3. The molecule has 55 heavy (non-hydrogen) atoms. The third kappa shape index (κ3) is 13.5. The van der Waals surface area contributed by atoms with Gasteiger partial charge >= 0.3 is 0 Å². The van der Waals surface area contributed by atoms with E-state index in [2.05, 4.69) is 53.8 Å². The van der Waals surface area contributed by atoms with Crippen molar-refractivity contribution in [2.75, 3.05) is 52.8 Å². The summed E-state index contributed by atoms with van der Waals surface area (Å²) in [7, 11) is 5.70. The number of fused-ring (bicyclic) bond motifs is 2. The number of methoxy groups -OCH3 is 2. The second-order valence-corrected chi connectivity index (χ2v) is 15.8. The zero-order chi connectivity index (χ0) is 38.8. The van der Waals surface area contributed by atoms with Crippen molar-refractivity contribution < 1.29 is 9.47 Å². The molecule has 3 aromatic carbocycles. The van der Waals surface area contributed by atoms with E-state index < -0.39 is 0 Å². The fourth-order valence-corrected chi connectivity index (χ4v) is 7.53. The van der Waals surface area contributed by atoms with Gasteiger partial charge in [0.15, 0.2) is 0 Å². The summed E-state index contributed by atoms with van der Waals surface area (Å²) in [6.45, 7) is 7.25. The Morgan fingerprint density at radius 1 is 0.727 bits per heavy atom. The summed E-state index contributed by atoms with van der Waals surface area (Å²) in [6, 6.07) is 18.1. The number of hydrogen-bond donors (Lipinski definition) is 2. The molecule has 0 bridgehead atoms. The highest BCUT2D eigenvalue weighted by molar-refractivity contribution is 6.33. The minimum absolute atomic E-state index is 0.239. The lowest BCUT2D eigenvalue weighted by atomic mass is 10.0. The highest BCUT2D eigenvalue weighted by Gasteiger charge is 2.13. The number of pyridine rings is 1. The molecule has 1 heterocycles. The Morgan fingerprint density at radius 2 is 1.38 bits per heavy atom. The van der Waals surface area contributed by atoms with Crippen LogP contribution in [0.4, 0.5) is 11.4 Å². The molecule has 0 fully saturated rings. The molecule has 0 radical (unpaired) electrons. The molecule has 0 aliphatic heterocycles. The van der Waals surface area contributed by atoms with Crippen molar-refractivity contribution >= 4 is 62.1 Å². The van der Waals surface area contributed by atoms with E-state index >= 15 is 0 Å². The number of aromatic nitrogens is 1. The zero-order valence-corrected chi connectivity index (χ0v) is 35.0. The van der Waals surface area contributed by atoms with Crippen molar-refractivity contribution in [1.29, 1.82) is 0 Å². The quantitative estimate of drug-likeness (QED) is 0.0544. The molecule has 7 nitrogen and oxygen atoms in total. The lowest BCUT2D eigenvalue weighted by molar-refractivity contribution is 0.314. The smallest absolute Gasteiger partial charge is 0.119 e. The maximum atomic E-state index is 6.29. The van der Waals surface area contributed by atoms with Crippen LogP contribution in [0.3, 0.4) is 0 Å². The summed E-state index contributed by atoms with van der Waals surface area (Å²) in [5.74, 6) is 1.93. The van der Waals surface area contributed by atoms with E-state index in [1.54, 1.807) is 14.2 Å². The van der Waals surface area contributed by atoms with Gasteiger partial charge in [0.1, 0.15) is 11.5 Å². The number of aliphatic imine (C=N–C) groups is 1. The molecule has 296 valence electrons. The number of nitrogens with one attached hydrogen (secondary N) is 2. The van der Waals surface area contributed by atoms with Crippen LogP contribution in [0.5, 0.6) is 11.5 Å². The molecule has 0 saturated heterocycles. The third-order valence-electron chi connectivity index (χ3n) is 10.5. The van der Waals surface area contributed by atoms with Crippen molar-refractivity contribution in [2.45, 2.75) is 90.5 Å². The molecule has 1 aromatic heterocycles. The molecular weight excluding hydrogens is 725 g/mol. The van der Waals surface area contributed by atoms with Crippen LogP contribution in [-0.4, -0.2) is 63.0 Å². The van der Waals surface area contributed by atoms with Gasteiger partial charge in [0.05, 0.1) is 36.6 Å². The van der Waals surface area contributed by atoms with Crippen LogP contribution in [0.2, 0.25) is 5.02 Å². The van der Waals surface area contributed by atoms with E-state index in [0.717, 1.165) is 87.0 Å². The first kappa shape index (κ1) is 42.5. The van der Waals surface area contributed by atoms with Gasteiger partial charge < -0.3 is 25.0 Å². The average Bonchev–Trinajstić information content (AvgIpc) is 3.19. The maximum absolute atomic E-state index is 6.29. The lowest BCUT2D eigenvalue weighted by Gasteiger charge is -2.16. The number of nitrogens with zero attached hydrogens (tertiary/aromatic N) is 3. The number of allylic oxidation sites excluding steroid dienone is 4. The van der Waals surface area contributed by atoms with Crippen LogP contribution in [0.25, 0.3) is 21.8 Å². The summed E-state index contributed by atoms with van der Waals surface area (Å²) in [5, 5.41) is 10.9. The van der Waals surface area contributed by atoms with Crippen LogP contribution in [0, 0.1) is 5.92 Å². The second kappa shape index (κ2) is 22.8. The van der Waals surface area contributed by atoms with E-state index in [0.29, 0.717) is 5.02 Å². The number of rotatable bonds is 24. The van der Waals surface area contributed by atoms with E-state index in [1.807, 2.05) is 48.6 Å². The van der Waals surface area contributed by atoms with Gasteiger partial charge in [-0.3, -0.25) is 4.99 Å². The first-order valence-electron chi connectivity index (χ1n) is 20.4. The standard InChI is InChI=1S/C46H61Cl2N5O2/c1-34-17-18-36(47)30-44(34)51-42-23-20-38(54-3)29-35(42)33-49-25-13-9-5-7-11-15-27-53(2)28-16-12-8-6-10-14-26-50-46-40-22-19-37(48)31-45(40)52-43-24-21-39(55-4)32-41(43)46/h17-24,29-32,34,49H,5-16,25-28,33H2,1-4H3,(H,50,52)/b51-44-. The molecule has 0 amide bonds. The van der Waals surface area contributed by atoms with Crippen LogP contribution >= 0.6 is 23.2 Å². The summed E-state index contributed by atoms with van der Waals surface area (Å²) in [4.78, 5) is 12.3. The highest BCUT2D eigenvalue weighted by Crippen LogP contribution is 2.34. The van der Waals surface area contributed by atoms with Crippen molar-refractivity contribution in [2.24, 2.45) is 10.9 Å². The van der Waals surface area contributed by atoms with Gasteiger partial charge in [-0.1, -0.05) is 87.6 Å². The summed E-state index contributed by atoms with van der Waals surface area (Å²) >= 11 is 12.5. The van der Waals surface area contributed by atoms with E-state index in [-0.39, 0.29) is 5.92 Å². The van der Waals surface area contributed by atoms with Gasteiger partial charge in [0.25, 0.3) is 0 Å². The van der Waals surface area contributed by atoms with Gasteiger partial charge in [-0.25, -0.2) is 4.98 Å². The number of ether oxygens (including phenoxy) is 2. The molecule has 5 rings (SSSR count).